The Labute approximate surface area is 103 Å². The number of hydrogen-bond acceptors (Lipinski definition) is 1. The van der Waals surface area contributed by atoms with E-state index in [9.17, 15) is 4.79 Å². The van der Waals surface area contributed by atoms with Gasteiger partial charge in [0.2, 0.25) is 0 Å². The third kappa shape index (κ3) is 2.10. The number of rotatable bonds is 2. The Hall–Kier alpha value is -1.63. The average molecular weight is 226 g/mol. The molecule has 17 heavy (non-hydrogen) atoms. The van der Waals surface area contributed by atoms with Crippen molar-refractivity contribution in [3.8, 4) is 0 Å². The molecule has 88 valence electrons. The molecular formula is C16H18O. The van der Waals surface area contributed by atoms with E-state index in [1.807, 2.05) is 24.3 Å². The lowest BCUT2D eigenvalue weighted by Gasteiger charge is -2.38. The van der Waals surface area contributed by atoms with Gasteiger partial charge in [0.25, 0.3) is 0 Å². The summed E-state index contributed by atoms with van der Waals surface area (Å²) in [6.45, 7) is 8.51. The highest BCUT2D eigenvalue weighted by Gasteiger charge is 2.36. The van der Waals surface area contributed by atoms with Gasteiger partial charge in [-0.05, 0) is 11.0 Å². The first-order valence-corrected chi connectivity index (χ1v) is 5.94. The fourth-order valence-electron chi connectivity index (χ4n) is 2.66. The molecular weight excluding hydrogens is 208 g/mol. The maximum absolute atomic E-state index is 11.0. The van der Waals surface area contributed by atoms with Crippen molar-refractivity contribution in [3.63, 3.8) is 0 Å². The molecule has 0 saturated carbocycles. The number of allylic oxidation sites excluding steroid dienone is 3. The van der Waals surface area contributed by atoms with Crippen LogP contribution in [0.5, 0.6) is 0 Å². The van der Waals surface area contributed by atoms with Crippen LogP contribution in [0.15, 0.2) is 54.6 Å². The lowest BCUT2D eigenvalue weighted by molar-refractivity contribution is -0.109. The molecule has 1 nitrogen and oxygen atoms in total. The Morgan fingerprint density at radius 2 is 1.88 bits per heavy atom. The SMILES string of the molecule is C=C1C(C=O)C=CC(C)(C)C1c1ccccc1. The summed E-state index contributed by atoms with van der Waals surface area (Å²) < 4.78 is 0. The number of aldehydes is 1. The Bertz CT molecular complexity index is 454. The van der Waals surface area contributed by atoms with Gasteiger partial charge < -0.3 is 4.79 Å². The Kier molecular flexibility index (Phi) is 3.01. The second-order valence-corrected chi connectivity index (χ2v) is 5.26. The second kappa shape index (κ2) is 4.33. The van der Waals surface area contributed by atoms with Gasteiger partial charge in [0.05, 0.1) is 5.92 Å². The quantitative estimate of drug-likeness (QED) is 0.554. The van der Waals surface area contributed by atoms with E-state index in [2.05, 4.69) is 38.6 Å². The van der Waals surface area contributed by atoms with Crippen LogP contribution >= 0.6 is 0 Å². The maximum Gasteiger partial charge on any atom is 0.130 e. The van der Waals surface area contributed by atoms with Crippen molar-refractivity contribution in [1.29, 1.82) is 0 Å². The molecule has 1 heteroatoms. The van der Waals surface area contributed by atoms with E-state index < -0.39 is 0 Å². The fraction of sp³-hybridized carbons (Fsp3) is 0.312. The zero-order chi connectivity index (χ0) is 12.5. The summed E-state index contributed by atoms with van der Waals surface area (Å²) in [7, 11) is 0. The van der Waals surface area contributed by atoms with Crippen molar-refractivity contribution < 1.29 is 4.79 Å². The zero-order valence-corrected chi connectivity index (χ0v) is 10.4. The summed E-state index contributed by atoms with van der Waals surface area (Å²) in [6, 6.07) is 10.3. The van der Waals surface area contributed by atoms with E-state index in [1.165, 1.54) is 5.56 Å². The van der Waals surface area contributed by atoms with Crippen LogP contribution in [0.4, 0.5) is 0 Å². The molecule has 0 amide bonds. The molecule has 0 spiro atoms. The van der Waals surface area contributed by atoms with Gasteiger partial charge in [-0.2, -0.15) is 0 Å². The summed E-state index contributed by atoms with van der Waals surface area (Å²) in [5.41, 5.74) is 2.25. The van der Waals surface area contributed by atoms with Crippen molar-refractivity contribution in [3.05, 3.63) is 60.2 Å². The normalized spacial score (nSPS) is 26.8. The molecule has 0 saturated heterocycles. The average Bonchev–Trinajstić information content (AvgIpc) is 2.30. The molecule has 0 aliphatic heterocycles. The van der Waals surface area contributed by atoms with Gasteiger partial charge in [0.15, 0.2) is 0 Å². The number of benzene rings is 1. The lowest BCUT2D eigenvalue weighted by Crippen LogP contribution is -2.28. The molecule has 0 bridgehead atoms. The molecule has 2 rings (SSSR count). The van der Waals surface area contributed by atoms with Gasteiger partial charge >= 0.3 is 0 Å². The second-order valence-electron chi connectivity index (χ2n) is 5.26. The van der Waals surface area contributed by atoms with Crippen molar-refractivity contribution in [2.24, 2.45) is 11.3 Å². The van der Waals surface area contributed by atoms with E-state index in [0.29, 0.717) is 0 Å². The summed E-state index contributed by atoms with van der Waals surface area (Å²) in [5.74, 6) is 0.0668. The topological polar surface area (TPSA) is 17.1 Å². The standard InChI is InChI=1S/C16H18O/c1-12-14(11-17)9-10-16(2,3)15(12)13-7-5-4-6-8-13/h4-11,14-15H,1H2,2-3H3. The summed E-state index contributed by atoms with van der Waals surface area (Å²) in [5, 5.41) is 0. The predicted molar refractivity (Wildman–Crippen MR) is 70.8 cm³/mol. The number of hydrogen-bond donors (Lipinski definition) is 0. The predicted octanol–water partition coefficient (Wildman–Crippen LogP) is 3.74. The van der Waals surface area contributed by atoms with E-state index in [-0.39, 0.29) is 17.3 Å². The van der Waals surface area contributed by atoms with E-state index >= 15 is 0 Å². The minimum atomic E-state index is -0.145. The Morgan fingerprint density at radius 3 is 2.47 bits per heavy atom. The molecule has 0 heterocycles. The van der Waals surface area contributed by atoms with Gasteiger partial charge in [-0.1, -0.05) is 68.5 Å². The minimum Gasteiger partial charge on any atom is -0.302 e. The first-order valence-electron chi connectivity index (χ1n) is 5.94. The summed E-state index contributed by atoms with van der Waals surface area (Å²) in [4.78, 5) is 11.0. The van der Waals surface area contributed by atoms with Crippen molar-refractivity contribution in [1.82, 2.24) is 0 Å². The first-order chi connectivity index (χ1) is 8.06. The molecule has 0 fully saturated rings. The van der Waals surface area contributed by atoms with Crippen molar-refractivity contribution in [2.45, 2.75) is 19.8 Å². The fourth-order valence-corrected chi connectivity index (χ4v) is 2.66. The van der Waals surface area contributed by atoms with Crippen LogP contribution in [0.1, 0.15) is 25.3 Å². The third-order valence-electron chi connectivity index (χ3n) is 3.56. The molecule has 1 aromatic carbocycles. The van der Waals surface area contributed by atoms with Crippen LogP contribution in [-0.4, -0.2) is 6.29 Å². The molecule has 1 aromatic rings. The largest absolute Gasteiger partial charge is 0.302 e. The van der Waals surface area contributed by atoms with Crippen LogP contribution in [0.25, 0.3) is 0 Å². The number of carbonyl (C=O) groups excluding carboxylic acids is 1. The highest BCUT2D eigenvalue weighted by Crippen LogP contribution is 2.47. The van der Waals surface area contributed by atoms with Gasteiger partial charge in [-0.25, -0.2) is 0 Å². The third-order valence-corrected chi connectivity index (χ3v) is 3.56. The van der Waals surface area contributed by atoms with E-state index in [1.54, 1.807) is 0 Å². The summed E-state index contributed by atoms with van der Waals surface area (Å²) >= 11 is 0. The maximum atomic E-state index is 11.0. The molecule has 1 aliphatic carbocycles. The molecule has 2 unspecified atom stereocenters. The van der Waals surface area contributed by atoms with Crippen molar-refractivity contribution >= 4 is 6.29 Å². The first kappa shape index (κ1) is 11.8. The molecule has 0 N–H and O–H groups in total. The smallest absolute Gasteiger partial charge is 0.130 e. The zero-order valence-electron chi connectivity index (χ0n) is 10.4. The van der Waals surface area contributed by atoms with Gasteiger partial charge in [-0.3, -0.25) is 0 Å². The Balaban J connectivity index is 2.47. The van der Waals surface area contributed by atoms with Crippen LogP contribution in [0.2, 0.25) is 0 Å². The molecule has 0 radical (unpaired) electrons. The van der Waals surface area contributed by atoms with E-state index in [4.69, 9.17) is 0 Å². The molecule has 0 aromatic heterocycles. The van der Waals surface area contributed by atoms with Crippen LogP contribution in [0.3, 0.4) is 0 Å². The summed E-state index contributed by atoms with van der Waals surface area (Å²) in [6.07, 6.45) is 5.08. The monoisotopic (exact) mass is 226 g/mol. The highest BCUT2D eigenvalue weighted by atomic mass is 16.1. The van der Waals surface area contributed by atoms with Crippen LogP contribution in [0, 0.1) is 11.3 Å². The molecule has 2 atom stereocenters. The number of carbonyl (C=O) groups is 1. The lowest BCUT2D eigenvalue weighted by atomic mass is 9.65. The van der Waals surface area contributed by atoms with Crippen molar-refractivity contribution in [2.75, 3.05) is 0 Å². The van der Waals surface area contributed by atoms with E-state index in [0.717, 1.165) is 11.9 Å². The van der Waals surface area contributed by atoms with Gasteiger partial charge in [0, 0.05) is 5.92 Å². The minimum absolute atomic E-state index is 0.0119. The van der Waals surface area contributed by atoms with Crippen LogP contribution < -0.4 is 0 Å². The molecule has 1 aliphatic rings. The van der Waals surface area contributed by atoms with Crippen LogP contribution in [-0.2, 0) is 4.79 Å². The Morgan fingerprint density at radius 1 is 1.24 bits per heavy atom. The highest BCUT2D eigenvalue weighted by molar-refractivity contribution is 5.64. The van der Waals surface area contributed by atoms with Gasteiger partial charge in [0.1, 0.15) is 6.29 Å². The van der Waals surface area contributed by atoms with Gasteiger partial charge in [-0.15, -0.1) is 0 Å².